The van der Waals surface area contributed by atoms with Gasteiger partial charge in [0.1, 0.15) is 0 Å². The van der Waals surface area contributed by atoms with Gasteiger partial charge in [-0.25, -0.2) is 0 Å². The molecule has 0 atom stereocenters. The molecule has 0 heterocycles. The quantitative estimate of drug-likeness (QED) is 0.144. The number of nitrogens with zero attached hydrogens (tertiary/aromatic N) is 2. The second-order valence-corrected chi connectivity index (χ2v) is 9.75. The molecule has 202 valence electrons. The third-order valence-corrected chi connectivity index (χ3v) is 7.01. The van der Waals surface area contributed by atoms with Crippen LogP contribution in [0.15, 0.2) is 36.4 Å². The molecule has 37 heavy (non-hydrogen) atoms. The molecule has 1 aliphatic carbocycles. The normalized spacial score (nSPS) is 13.0. The minimum absolute atomic E-state index is 0.148. The maximum absolute atomic E-state index is 13.7. The van der Waals surface area contributed by atoms with Crippen molar-refractivity contribution in [1.29, 1.82) is 0 Å². The highest BCUT2D eigenvalue weighted by atomic mass is 16.1. The van der Waals surface area contributed by atoms with Crippen LogP contribution in [0.4, 0.5) is 11.4 Å². The summed E-state index contributed by atoms with van der Waals surface area (Å²) in [6.07, 6.45) is 0. The molecule has 10 nitrogen and oxygen atoms in total. The third kappa shape index (κ3) is 6.92. The van der Waals surface area contributed by atoms with Gasteiger partial charge in [0.25, 0.3) is 0 Å². The lowest BCUT2D eigenvalue weighted by molar-refractivity contribution is -0.905. The molecule has 0 fully saturated rings. The van der Waals surface area contributed by atoms with Crippen LogP contribution in [0.2, 0.25) is 0 Å². The first-order valence-electron chi connectivity index (χ1n) is 13.1. The van der Waals surface area contributed by atoms with E-state index in [1.165, 1.54) is 0 Å². The molecule has 0 saturated heterocycles. The van der Waals surface area contributed by atoms with Crippen molar-refractivity contribution in [2.24, 2.45) is 22.9 Å². The van der Waals surface area contributed by atoms with Crippen molar-refractivity contribution in [2.75, 3.05) is 96.2 Å². The number of nitrogens with two attached hydrogens (primary N) is 4. The number of benzene rings is 2. The Hall–Kier alpha value is -2.86. The molecule has 3 rings (SSSR count). The average Bonchev–Trinajstić information content (AvgIpc) is 2.88. The van der Waals surface area contributed by atoms with E-state index in [1.807, 2.05) is 12.1 Å². The molecular weight excluding hydrogens is 468 g/mol. The fourth-order valence-corrected chi connectivity index (χ4v) is 4.99. The van der Waals surface area contributed by atoms with Crippen LogP contribution in [-0.4, -0.2) is 107 Å². The van der Waals surface area contributed by atoms with Crippen molar-refractivity contribution >= 4 is 22.9 Å². The van der Waals surface area contributed by atoms with Crippen LogP contribution in [0.3, 0.4) is 0 Å². The number of ketones is 2. The fraction of sp³-hybridized carbons (Fsp3) is 0.481. The van der Waals surface area contributed by atoms with Crippen LogP contribution in [-0.2, 0) is 0 Å². The summed E-state index contributed by atoms with van der Waals surface area (Å²) in [6, 6.07) is 10.8. The molecule has 2 aromatic rings. The Bertz CT molecular complexity index is 1060. The highest BCUT2D eigenvalue weighted by molar-refractivity contribution is 6.31. The van der Waals surface area contributed by atoms with E-state index in [0.29, 0.717) is 72.9 Å². The molecule has 0 saturated carbocycles. The molecule has 0 unspecified atom stereocenters. The number of carbonyl (C=O) groups is 2. The number of rotatable bonds is 16. The number of fused-ring (bicyclic) bond motifs is 2. The fourth-order valence-electron chi connectivity index (χ4n) is 4.99. The average molecular weight is 512 g/mol. The molecule has 10 heteroatoms. The van der Waals surface area contributed by atoms with Gasteiger partial charge in [0.05, 0.1) is 44.4 Å². The van der Waals surface area contributed by atoms with Gasteiger partial charge in [-0.2, -0.15) is 0 Å². The summed E-state index contributed by atoms with van der Waals surface area (Å²) >= 11 is 0. The second kappa shape index (κ2) is 13.6. The lowest BCUT2D eigenvalue weighted by Crippen LogP contribution is -2.52. The van der Waals surface area contributed by atoms with Crippen LogP contribution < -0.4 is 33.6 Å². The van der Waals surface area contributed by atoms with Crippen molar-refractivity contribution in [2.45, 2.75) is 0 Å². The largest absolute Gasteiger partial charge is 0.383 e. The van der Waals surface area contributed by atoms with Crippen LogP contribution in [0.5, 0.6) is 0 Å². The van der Waals surface area contributed by atoms with E-state index in [0.717, 1.165) is 43.8 Å². The number of hydrogen-bond acceptors (Lipinski definition) is 9. The first kappa shape index (κ1) is 28.7. The van der Waals surface area contributed by atoms with Gasteiger partial charge in [-0.05, 0) is 12.1 Å². The summed E-state index contributed by atoms with van der Waals surface area (Å²) in [6.45, 7) is 8.09. The van der Waals surface area contributed by atoms with Crippen molar-refractivity contribution in [3.8, 4) is 0 Å². The van der Waals surface area contributed by atoms with E-state index in [1.54, 1.807) is 24.3 Å². The molecule has 0 aromatic heterocycles. The van der Waals surface area contributed by atoms with E-state index in [9.17, 15) is 9.59 Å². The molecule has 0 spiro atoms. The minimum Gasteiger partial charge on any atom is -0.383 e. The predicted molar refractivity (Wildman–Crippen MR) is 150 cm³/mol. The van der Waals surface area contributed by atoms with Crippen LogP contribution in [0.1, 0.15) is 31.8 Å². The van der Waals surface area contributed by atoms with Gasteiger partial charge in [0.2, 0.25) is 0 Å². The monoisotopic (exact) mass is 511 g/mol. The van der Waals surface area contributed by atoms with Crippen molar-refractivity contribution in [3.05, 3.63) is 58.7 Å². The Kier molecular flexibility index (Phi) is 10.6. The number of carbonyl (C=O) groups excluding carboxylic acids is 2. The van der Waals surface area contributed by atoms with Gasteiger partial charge in [0.15, 0.2) is 11.6 Å². The van der Waals surface area contributed by atoms with Crippen molar-refractivity contribution in [1.82, 2.24) is 4.90 Å². The SMILES string of the molecule is C[N+](CCN)(CCN)CCNc1ccc(NCCN(CCN)CCN)c2c1C(=O)c1ccccc1C2=O. The Morgan fingerprint density at radius 1 is 0.676 bits per heavy atom. The molecular formula is C27H43N8O2+. The number of anilines is 2. The van der Waals surface area contributed by atoms with Gasteiger partial charge < -0.3 is 38.1 Å². The van der Waals surface area contributed by atoms with Gasteiger partial charge in [-0.15, -0.1) is 0 Å². The number of quaternary nitrogens is 1. The van der Waals surface area contributed by atoms with E-state index < -0.39 is 0 Å². The van der Waals surface area contributed by atoms with Gasteiger partial charge >= 0.3 is 0 Å². The topological polar surface area (TPSA) is 166 Å². The standard InChI is InChI=1S/C27H42N8O2/c1-35(17-10-30,18-11-31)19-13-33-23-7-6-22(32-12-16-34(14-8-28)15-9-29)24-25(23)27(37)21-5-3-2-4-20(21)26(24)36/h2-7H,8-19,28-31H2,1H3,(H-,32,33,36,37)/p+1. The smallest absolute Gasteiger partial charge is 0.196 e. The lowest BCUT2D eigenvalue weighted by Gasteiger charge is -2.34. The van der Waals surface area contributed by atoms with Crippen LogP contribution >= 0.6 is 0 Å². The van der Waals surface area contributed by atoms with Gasteiger partial charge in [-0.1, -0.05) is 24.3 Å². The second-order valence-electron chi connectivity index (χ2n) is 9.75. The van der Waals surface area contributed by atoms with Crippen LogP contribution in [0.25, 0.3) is 0 Å². The number of nitrogens with one attached hydrogen (secondary N) is 2. The van der Waals surface area contributed by atoms with Gasteiger partial charge in [-0.3, -0.25) is 14.5 Å². The first-order valence-corrected chi connectivity index (χ1v) is 13.1. The molecule has 10 N–H and O–H groups in total. The molecule has 0 radical (unpaired) electrons. The summed E-state index contributed by atoms with van der Waals surface area (Å²) in [4.78, 5) is 29.5. The number of hydrogen-bond donors (Lipinski definition) is 6. The maximum atomic E-state index is 13.7. The molecule has 0 bridgehead atoms. The van der Waals surface area contributed by atoms with Crippen LogP contribution in [0, 0.1) is 0 Å². The third-order valence-electron chi connectivity index (χ3n) is 7.01. The maximum Gasteiger partial charge on any atom is 0.196 e. The Morgan fingerprint density at radius 3 is 1.62 bits per heavy atom. The van der Waals surface area contributed by atoms with Crippen molar-refractivity contribution in [3.63, 3.8) is 0 Å². The number of likely N-dealkylation sites (N-methyl/N-ethyl adjacent to an activating group) is 1. The summed E-state index contributed by atoms with van der Waals surface area (Å²) in [5, 5.41) is 6.82. The Morgan fingerprint density at radius 2 is 1.16 bits per heavy atom. The Balaban J connectivity index is 1.88. The predicted octanol–water partition coefficient (Wildman–Crippen LogP) is -0.131. The van der Waals surface area contributed by atoms with E-state index >= 15 is 0 Å². The summed E-state index contributed by atoms with van der Waals surface area (Å²) < 4.78 is 0.736. The molecule has 0 aliphatic heterocycles. The van der Waals surface area contributed by atoms with E-state index in [-0.39, 0.29) is 11.6 Å². The molecule has 0 amide bonds. The summed E-state index contributed by atoms with van der Waals surface area (Å²) in [5.41, 5.74) is 26.1. The zero-order chi connectivity index (χ0) is 26.8. The lowest BCUT2D eigenvalue weighted by atomic mass is 9.82. The first-order chi connectivity index (χ1) is 17.9. The van der Waals surface area contributed by atoms with Crippen molar-refractivity contribution < 1.29 is 14.1 Å². The summed E-state index contributed by atoms with van der Waals surface area (Å²) in [7, 11) is 2.13. The Labute approximate surface area is 219 Å². The van der Waals surface area contributed by atoms with E-state index in [2.05, 4.69) is 22.6 Å². The summed E-state index contributed by atoms with van der Waals surface area (Å²) in [5.74, 6) is -0.297. The zero-order valence-corrected chi connectivity index (χ0v) is 22.0. The molecule has 1 aliphatic rings. The highest BCUT2D eigenvalue weighted by Crippen LogP contribution is 2.36. The highest BCUT2D eigenvalue weighted by Gasteiger charge is 2.34. The minimum atomic E-state index is -0.149. The molecule has 2 aromatic carbocycles. The zero-order valence-electron chi connectivity index (χ0n) is 22.0. The van der Waals surface area contributed by atoms with Gasteiger partial charge in [0, 0.05) is 74.9 Å². The van der Waals surface area contributed by atoms with E-state index in [4.69, 9.17) is 22.9 Å².